The monoisotopic (exact) mass is 221 g/mol. The first-order valence-electron chi connectivity index (χ1n) is 5.48. The molecule has 0 saturated carbocycles. The minimum absolute atomic E-state index is 0.0477. The molecule has 0 saturated heterocycles. The second kappa shape index (κ2) is 3.38. The fourth-order valence-corrected chi connectivity index (χ4v) is 1.52. The fraction of sp³-hybridized carbons (Fsp3) is 0.833. The quantitative estimate of drug-likeness (QED) is 0.732. The first-order valence-corrected chi connectivity index (χ1v) is 5.48. The predicted molar refractivity (Wildman–Crippen MR) is 60.6 cm³/mol. The smallest absolute Gasteiger partial charge is 0.200 e. The van der Waals surface area contributed by atoms with E-state index in [-0.39, 0.29) is 11.7 Å². The third-order valence-electron chi connectivity index (χ3n) is 3.96. The Hall–Kier alpha value is -1.24. The molecule has 1 atom stereocenters. The number of carbonyl (C=O) groups excluding carboxylic acids is 1. The molecule has 0 bridgehead atoms. The highest BCUT2D eigenvalue weighted by Gasteiger charge is 2.56. The number of hydrogen-bond donors (Lipinski definition) is 0. The Morgan fingerprint density at radius 1 is 1.31 bits per heavy atom. The summed E-state index contributed by atoms with van der Waals surface area (Å²) in [5, 5.41) is 16.9. The van der Waals surface area contributed by atoms with E-state index >= 15 is 0 Å². The molecule has 0 fully saturated rings. The number of Topliss-reactive ketones (excluding diaryl/α,β-unsaturated/α-hetero) is 1. The van der Waals surface area contributed by atoms with Gasteiger partial charge in [0.1, 0.15) is 5.78 Å². The Morgan fingerprint density at radius 3 is 2.06 bits per heavy atom. The van der Waals surface area contributed by atoms with E-state index < -0.39 is 16.5 Å². The number of carbonyl (C=O) groups is 1. The van der Waals surface area contributed by atoms with Crippen molar-refractivity contribution in [3.05, 3.63) is 0 Å². The minimum Gasteiger partial charge on any atom is -0.299 e. The molecule has 1 aliphatic heterocycles. The summed E-state index contributed by atoms with van der Waals surface area (Å²) in [7, 11) is 0. The van der Waals surface area contributed by atoms with Crippen LogP contribution in [0.5, 0.6) is 0 Å². The van der Waals surface area contributed by atoms with Crippen LogP contribution in [0.25, 0.3) is 0 Å². The molecule has 0 aromatic rings. The summed E-state index contributed by atoms with van der Waals surface area (Å²) in [5.74, 6) is -0.276. The van der Waals surface area contributed by atoms with Crippen molar-refractivity contribution in [1.29, 1.82) is 5.26 Å². The maximum Gasteiger partial charge on any atom is 0.200 e. The zero-order valence-corrected chi connectivity index (χ0v) is 10.8. The Bertz CT molecular complexity index is 382. The van der Waals surface area contributed by atoms with Gasteiger partial charge in [-0.05, 0) is 34.6 Å². The van der Waals surface area contributed by atoms with Crippen LogP contribution in [0.15, 0.2) is 10.2 Å². The summed E-state index contributed by atoms with van der Waals surface area (Å²) >= 11 is 0. The van der Waals surface area contributed by atoms with Crippen LogP contribution < -0.4 is 0 Å². The Balaban J connectivity index is 2.92. The van der Waals surface area contributed by atoms with Gasteiger partial charge in [-0.2, -0.15) is 15.5 Å². The molecule has 0 aliphatic carbocycles. The highest BCUT2D eigenvalue weighted by molar-refractivity contribution is 5.88. The number of rotatable bonds is 4. The van der Waals surface area contributed by atoms with E-state index in [1.54, 1.807) is 20.8 Å². The highest BCUT2D eigenvalue weighted by atomic mass is 16.1. The van der Waals surface area contributed by atoms with Crippen molar-refractivity contribution < 1.29 is 4.79 Å². The van der Waals surface area contributed by atoms with E-state index in [0.717, 1.165) is 0 Å². The predicted octanol–water partition coefficient (Wildman–Crippen LogP) is 2.95. The molecule has 0 spiro atoms. The third kappa shape index (κ3) is 1.75. The Morgan fingerprint density at radius 2 is 1.75 bits per heavy atom. The van der Waals surface area contributed by atoms with Crippen molar-refractivity contribution in [3.63, 3.8) is 0 Å². The molecular formula is C12H19N3O. The van der Waals surface area contributed by atoms with Crippen LogP contribution in [-0.4, -0.2) is 11.4 Å². The van der Waals surface area contributed by atoms with Gasteiger partial charge < -0.3 is 0 Å². The maximum atomic E-state index is 12.4. The molecule has 4 nitrogen and oxygen atoms in total. The van der Waals surface area contributed by atoms with Crippen LogP contribution in [0, 0.1) is 28.1 Å². The van der Waals surface area contributed by atoms with Gasteiger partial charge >= 0.3 is 0 Å². The van der Waals surface area contributed by atoms with Crippen LogP contribution in [0.2, 0.25) is 0 Å². The largest absolute Gasteiger partial charge is 0.299 e. The zero-order chi connectivity index (χ0) is 12.8. The van der Waals surface area contributed by atoms with Gasteiger partial charge in [-0.15, -0.1) is 0 Å². The molecule has 1 unspecified atom stereocenters. The summed E-state index contributed by atoms with van der Waals surface area (Å²) in [6.45, 7) is 10.9. The standard InChI is InChI=1S/C12H19N3O/c1-8(10(2,3)7-13)9(16)11(4,5)12(6)14-15-12/h8H,1-6H3. The average Bonchev–Trinajstić information content (AvgIpc) is 2.95. The second-order valence-corrected chi connectivity index (χ2v) is 5.77. The SMILES string of the molecule is CC(C(=O)C(C)(C)C1(C)N=N1)C(C)(C)C#N. The van der Waals surface area contributed by atoms with Gasteiger partial charge in [0.05, 0.1) is 16.9 Å². The number of ketones is 1. The molecule has 16 heavy (non-hydrogen) atoms. The molecule has 1 rings (SSSR count). The summed E-state index contributed by atoms with van der Waals surface area (Å²) < 4.78 is 0. The van der Waals surface area contributed by atoms with Gasteiger partial charge in [0.15, 0.2) is 5.66 Å². The first-order chi connectivity index (χ1) is 7.08. The van der Waals surface area contributed by atoms with Crippen molar-refractivity contribution in [3.8, 4) is 6.07 Å². The highest BCUT2D eigenvalue weighted by Crippen LogP contribution is 2.48. The van der Waals surface area contributed by atoms with Gasteiger partial charge in [0.25, 0.3) is 0 Å². The number of hydrogen-bond acceptors (Lipinski definition) is 4. The lowest BCUT2D eigenvalue weighted by Gasteiger charge is -2.33. The molecule has 0 aromatic carbocycles. The van der Waals surface area contributed by atoms with E-state index in [1.165, 1.54) is 0 Å². The molecule has 4 heteroatoms. The molecule has 0 radical (unpaired) electrons. The normalized spacial score (nSPS) is 20.1. The molecule has 88 valence electrons. The van der Waals surface area contributed by atoms with Crippen molar-refractivity contribution >= 4 is 5.78 Å². The first kappa shape index (κ1) is 12.8. The van der Waals surface area contributed by atoms with Crippen LogP contribution >= 0.6 is 0 Å². The number of nitrogens with zero attached hydrogens (tertiary/aromatic N) is 3. The summed E-state index contributed by atoms with van der Waals surface area (Å²) in [6, 6.07) is 2.18. The van der Waals surface area contributed by atoms with Crippen LogP contribution in [0.3, 0.4) is 0 Å². The molecule has 0 N–H and O–H groups in total. The van der Waals surface area contributed by atoms with E-state index in [1.807, 2.05) is 20.8 Å². The maximum absolute atomic E-state index is 12.4. The topological polar surface area (TPSA) is 65.6 Å². The van der Waals surface area contributed by atoms with Crippen molar-refractivity contribution in [2.45, 2.75) is 47.2 Å². The lowest BCUT2D eigenvalue weighted by molar-refractivity contribution is -0.134. The van der Waals surface area contributed by atoms with Crippen LogP contribution in [0.1, 0.15) is 41.5 Å². The van der Waals surface area contributed by atoms with Gasteiger partial charge in [-0.1, -0.05) is 6.92 Å². The van der Waals surface area contributed by atoms with E-state index in [2.05, 4.69) is 16.3 Å². The molecule has 0 aromatic heterocycles. The molecule has 1 aliphatic rings. The second-order valence-electron chi connectivity index (χ2n) is 5.77. The third-order valence-corrected chi connectivity index (χ3v) is 3.96. The Kier molecular flexibility index (Phi) is 2.71. The number of nitriles is 1. The lowest BCUT2D eigenvalue weighted by atomic mass is 9.67. The summed E-state index contributed by atoms with van der Waals surface area (Å²) in [6.07, 6.45) is 0. The molecule has 0 amide bonds. The van der Waals surface area contributed by atoms with Crippen LogP contribution in [-0.2, 0) is 4.79 Å². The molecule has 1 heterocycles. The van der Waals surface area contributed by atoms with Gasteiger partial charge in [-0.3, -0.25) is 4.79 Å². The van der Waals surface area contributed by atoms with Crippen molar-refractivity contribution in [2.24, 2.45) is 27.0 Å². The van der Waals surface area contributed by atoms with E-state index in [4.69, 9.17) is 5.26 Å². The van der Waals surface area contributed by atoms with Gasteiger partial charge in [-0.25, -0.2) is 0 Å². The molecular weight excluding hydrogens is 202 g/mol. The van der Waals surface area contributed by atoms with Crippen molar-refractivity contribution in [1.82, 2.24) is 0 Å². The van der Waals surface area contributed by atoms with E-state index in [0.29, 0.717) is 0 Å². The van der Waals surface area contributed by atoms with Crippen LogP contribution in [0.4, 0.5) is 0 Å². The van der Waals surface area contributed by atoms with E-state index in [9.17, 15) is 4.79 Å². The minimum atomic E-state index is -0.653. The Labute approximate surface area is 96.7 Å². The van der Waals surface area contributed by atoms with Crippen molar-refractivity contribution in [2.75, 3.05) is 0 Å². The average molecular weight is 221 g/mol. The summed E-state index contributed by atoms with van der Waals surface area (Å²) in [4.78, 5) is 12.4. The summed E-state index contributed by atoms with van der Waals surface area (Å²) in [5.41, 5.74) is -1.88. The zero-order valence-electron chi connectivity index (χ0n) is 10.8. The van der Waals surface area contributed by atoms with Gasteiger partial charge in [0, 0.05) is 5.92 Å². The van der Waals surface area contributed by atoms with Gasteiger partial charge in [0.2, 0.25) is 0 Å². The fourth-order valence-electron chi connectivity index (χ4n) is 1.52. The lowest BCUT2D eigenvalue weighted by Crippen LogP contribution is -2.44.